The number of thioether (sulfide) groups is 1. The summed E-state index contributed by atoms with van der Waals surface area (Å²) < 4.78 is 0. The monoisotopic (exact) mass is 271 g/mol. The Morgan fingerprint density at radius 2 is 1.89 bits per heavy atom. The van der Waals surface area contributed by atoms with Crippen LogP contribution in [0.5, 0.6) is 0 Å². The minimum Gasteiger partial charge on any atom is -0.314 e. The largest absolute Gasteiger partial charge is 0.314 e. The van der Waals surface area contributed by atoms with Gasteiger partial charge < -0.3 is 5.32 Å². The highest BCUT2D eigenvalue weighted by Gasteiger charge is 2.23. The molecule has 0 aromatic heterocycles. The van der Waals surface area contributed by atoms with Gasteiger partial charge in [0.1, 0.15) is 0 Å². The van der Waals surface area contributed by atoms with Crippen LogP contribution in [0, 0.1) is 11.8 Å². The van der Waals surface area contributed by atoms with Gasteiger partial charge in [-0.2, -0.15) is 11.8 Å². The van der Waals surface area contributed by atoms with Gasteiger partial charge in [-0.3, -0.25) is 0 Å². The SMILES string of the molecule is CSCCCCCCNC1CCCC(C(C)C)C1. The van der Waals surface area contributed by atoms with Crippen molar-refractivity contribution in [1.82, 2.24) is 5.32 Å². The zero-order chi connectivity index (χ0) is 13.2. The van der Waals surface area contributed by atoms with E-state index in [1.807, 2.05) is 11.8 Å². The molecule has 0 radical (unpaired) electrons. The number of hydrogen-bond acceptors (Lipinski definition) is 2. The zero-order valence-corrected chi connectivity index (χ0v) is 13.5. The van der Waals surface area contributed by atoms with Crippen molar-refractivity contribution in [1.29, 1.82) is 0 Å². The fourth-order valence-electron chi connectivity index (χ4n) is 3.05. The summed E-state index contributed by atoms with van der Waals surface area (Å²) in [5.74, 6) is 3.19. The average Bonchev–Trinajstić information content (AvgIpc) is 2.38. The molecule has 1 nitrogen and oxygen atoms in total. The van der Waals surface area contributed by atoms with E-state index in [0.717, 1.165) is 17.9 Å². The topological polar surface area (TPSA) is 12.0 Å². The molecule has 1 aliphatic rings. The van der Waals surface area contributed by atoms with Crippen LogP contribution in [0.1, 0.15) is 65.2 Å². The molecule has 2 unspecified atom stereocenters. The summed E-state index contributed by atoms with van der Waals surface area (Å²) in [7, 11) is 0. The van der Waals surface area contributed by atoms with E-state index < -0.39 is 0 Å². The minimum atomic E-state index is 0.817. The minimum absolute atomic E-state index is 0.817. The first-order chi connectivity index (χ1) is 8.74. The Bertz CT molecular complexity index is 194. The summed E-state index contributed by atoms with van der Waals surface area (Å²) in [5.41, 5.74) is 0. The van der Waals surface area contributed by atoms with Gasteiger partial charge in [-0.05, 0) is 56.1 Å². The van der Waals surface area contributed by atoms with Crippen LogP contribution in [-0.2, 0) is 0 Å². The Labute approximate surface area is 119 Å². The maximum atomic E-state index is 3.79. The van der Waals surface area contributed by atoms with Gasteiger partial charge in [-0.1, -0.05) is 39.5 Å². The summed E-state index contributed by atoms with van der Waals surface area (Å²) in [6.45, 7) is 6.02. The summed E-state index contributed by atoms with van der Waals surface area (Å²) in [4.78, 5) is 0. The lowest BCUT2D eigenvalue weighted by Gasteiger charge is -2.32. The van der Waals surface area contributed by atoms with Gasteiger partial charge in [0.15, 0.2) is 0 Å². The summed E-state index contributed by atoms with van der Waals surface area (Å²) in [6.07, 6.45) is 13.5. The first-order valence-corrected chi connectivity index (χ1v) is 9.35. The number of hydrogen-bond donors (Lipinski definition) is 1. The first-order valence-electron chi connectivity index (χ1n) is 7.96. The second-order valence-electron chi connectivity index (χ2n) is 6.23. The van der Waals surface area contributed by atoms with Crippen molar-refractivity contribution in [3.63, 3.8) is 0 Å². The number of nitrogens with one attached hydrogen (secondary N) is 1. The Kier molecular flexibility index (Phi) is 9.22. The predicted octanol–water partition coefficient (Wildman–Crippen LogP) is 4.71. The van der Waals surface area contributed by atoms with Crippen molar-refractivity contribution >= 4 is 11.8 Å². The van der Waals surface area contributed by atoms with Crippen LogP contribution < -0.4 is 5.32 Å². The lowest BCUT2D eigenvalue weighted by molar-refractivity contribution is 0.231. The van der Waals surface area contributed by atoms with E-state index in [0.29, 0.717) is 0 Å². The molecule has 1 N–H and O–H groups in total. The molecule has 0 saturated heterocycles. The molecule has 1 aliphatic carbocycles. The molecule has 108 valence electrons. The van der Waals surface area contributed by atoms with E-state index in [-0.39, 0.29) is 0 Å². The molecular formula is C16H33NS. The highest BCUT2D eigenvalue weighted by Crippen LogP contribution is 2.29. The molecule has 0 bridgehead atoms. The van der Waals surface area contributed by atoms with E-state index in [1.54, 1.807) is 0 Å². The average molecular weight is 272 g/mol. The van der Waals surface area contributed by atoms with Crippen LogP contribution in [0.2, 0.25) is 0 Å². The third-order valence-corrected chi connectivity index (χ3v) is 5.06. The highest BCUT2D eigenvalue weighted by atomic mass is 32.2. The Hall–Kier alpha value is 0.310. The quantitative estimate of drug-likeness (QED) is 0.609. The summed E-state index contributed by atoms with van der Waals surface area (Å²) in [6, 6.07) is 0.817. The van der Waals surface area contributed by atoms with Gasteiger partial charge >= 0.3 is 0 Å². The van der Waals surface area contributed by atoms with E-state index in [2.05, 4.69) is 25.4 Å². The molecule has 0 aromatic carbocycles. The Morgan fingerprint density at radius 3 is 2.61 bits per heavy atom. The number of rotatable bonds is 9. The number of unbranched alkanes of at least 4 members (excludes halogenated alkanes) is 3. The van der Waals surface area contributed by atoms with Crippen LogP contribution in [0.3, 0.4) is 0 Å². The van der Waals surface area contributed by atoms with Crippen molar-refractivity contribution < 1.29 is 0 Å². The van der Waals surface area contributed by atoms with Crippen LogP contribution in [0.25, 0.3) is 0 Å². The maximum absolute atomic E-state index is 3.79. The molecule has 1 saturated carbocycles. The van der Waals surface area contributed by atoms with E-state index >= 15 is 0 Å². The summed E-state index contributed by atoms with van der Waals surface area (Å²) in [5, 5.41) is 3.79. The smallest absolute Gasteiger partial charge is 0.00698 e. The Morgan fingerprint density at radius 1 is 1.11 bits per heavy atom. The first kappa shape index (κ1) is 16.4. The normalized spacial score (nSPS) is 24.7. The van der Waals surface area contributed by atoms with Crippen molar-refractivity contribution in [3.8, 4) is 0 Å². The lowest BCUT2D eigenvalue weighted by atomic mass is 9.79. The van der Waals surface area contributed by atoms with Gasteiger partial charge in [0.2, 0.25) is 0 Å². The molecular weight excluding hydrogens is 238 g/mol. The van der Waals surface area contributed by atoms with E-state index in [9.17, 15) is 0 Å². The molecule has 0 amide bonds. The molecule has 0 heterocycles. The molecule has 0 aliphatic heterocycles. The van der Waals surface area contributed by atoms with Crippen LogP contribution in [-0.4, -0.2) is 24.6 Å². The molecule has 2 atom stereocenters. The van der Waals surface area contributed by atoms with Crippen molar-refractivity contribution in [2.24, 2.45) is 11.8 Å². The van der Waals surface area contributed by atoms with E-state index in [1.165, 1.54) is 63.7 Å². The fourth-order valence-corrected chi connectivity index (χ4v) is 3.54. The fraction of sp³-hybridized carbons (Fsp3) is 1.00. The van der Waals surface area contributed by atoms with Crippen molar-refractivity contribution in [3.05, 3.63) is 0 Å². The lowest BCUT2D eigenvalue weighted by Crippen LogP contribution is -2.36. The molecule has 1 fully saturated rings. The van der Waals surface area contributed by atoms with Crippen LogP contribution in [0.15, 0.2) is 0 Å². The van der Waals surface area contributed by atoms with Gasteiger partial charge in [0.05, 0.1) is 0 Å². The predicted molar refractivity (Wildman–Crippen MR) is 85.4 cm³/mol. The van der Waals surface area contributed by atoms with Gasteiger partial charge in [-0.25, -0.2) is 0 Å². The van der Waals surface area contributed by atoms with Crippen molar-refractivity contribution in [2.45, 2.75) is 71.3 Å². The van der Waals surface area contributed by atoms with Crippen molar-refractivity contribution in [2.75, 3.05) is 18.6 Å². The molecule has 0 spiro atoms. The zero-order valence-electron chi connectivity index (χ0n) is 12.7. The highest BCUT2D eigenvalue weighted by molar-refractivity contribution is 7.98. The third-order valence-electron chi connectivity index (χ3n) is 4.37. The molecule has 18 heavy (non-hydrogen) atoms. The maximum Gasteiger partial charge on any atom is 0.00698 e. The van der Waals surface area contributed by atoms with Gasteiger partial charge in [0.25, 0.3) is 0 Å². The second-order valence-corrected chi connectivity index (χ2v) is 7.21. The standard InChI is InChI=1S/C16H33NS/c1-14(2)15-9-8-10-16(13-15)17-11-6-4-5-7-12-18-3/h14-17H,4-13H2,1-3H3. The van der Waals surface area contributed by atoms with Crippen LogP contribution in [0.4, 0.5) is 0 Å². The third kappa shape index (κ3) is 7.04. The molecule has 1 rings (SSSR count). The summed E-state index contributed by atoms with van der Waals surface area (Å²) >= 11 is 1.98. The molecule has 2 heteroatoms. The van der Waals surface area contributed by atoms with Gasteiger partial charge in [-0.15, -0.1) is 0 Å². The van der Waals surface area contributed by atoms with Crippen LogP contribution >= 0.6 is 11.8 Å². The van der Waals surface area contributed by atoms with E-state index in [4.69, 9.17) is 0 Å². The second kappa shape index (κ2) is 10.1. The Balaban J connectivity index is 1.98. The molecule has 0 aromatic rings. The van der Waals surface area contributed by atoms with Gasteiger partial charge in [0, 0.05) is 6.04 Å².